The van der Waals surface area contributed by atoms with E-state index in [4.69, 9.17) is 25.8 Å². The third-order valence-electron chi connectivity index (χ3n) is 3.03. The van der Waals surface area contributed by atoms with Crippen molar-refractivity contribution >= 4 is 11.6 Å². The lowest BCUT2D eigenvalue weighted by molar-refractivity contribution is -0.0527. The summed E-state index contributed by atoms with van der Waals surface area (Å²) in [5.41, 5.74) is 1.02. The lowest BCUT2D eigenvalue weighted by Gasteiger charge is -2.22. The Bertz CT molecular complexity index is 394. The molecule has 1 aromatic carbocycles. The minimum Gasteiger partial charge on any atom is -0.496 e. The SMILES string of the molecule is CNC(CC1OCCO1)c1cc(Cl)ccc1OC. The molecule has 5 heteroatoms. The first-order valence-corrected chi connectivity index (χ1v) is 6.36. The van der Waals surface area contributed by atoms with Crippen molar-refractivity contribution in [1.29, 1.82) is 0 Å². The predicted octanol–water partition coefficient (Wildman–Crippen LogP) is 2.37. The van der Waals surface area contributed by atoms with Gasteiger partial charge in [-0.2, -0.15) is 0 Å². The molecular weight excluding hydrogens is 254 g/mol. The van der Waals surface area contributed by atoms with Gasteiger partial charge in [0.1, 0.15) is 5.75 Å². The zero-order valence-electron chi connectivity index (χ0n) is 10.6. The summed E-state index contributed by atoms with van der Waals surface area (Å²) in [5, 5.41) is 3.94. The smallest absolute Gasteiger partial charge is 0.159 e. The summed E-state index contributed by atoms with van der Waals surface area (Å²) >= 11 is 6.05. The molecule has 2 rings (SSSR count). The Kier molecular flexibility index (Phi) is 4.83. The fourth-order valence-electron chi connectivity index (χ4n) is 2.11. The fourth-order valence-corrected chi connectivity index (χ4v) is 2.29. The van der Waals surface area contributed by atoms with Gasteiger partial charge in [0.2, 0.25) is 0 Å². The van der Waals surface area contributed by atoms with Crippen molar-refractivity contribution in [2.24, 2.45) is 0 Å². The standard InChI is InChI=1S/C13H18ClNO3/c1-15-11(8-13-17-5-6-18-13)10-7-9(14)3-4-12(10)16-2/h3-4,7,11,13,15H,5-6,8H2,1-2H3. The molecule has 0 aromatic heterocycles. The van der Waals surface area contributed by atoms with E-state index in [0.717, 1.165) is 17.7 Å². The molecule has 1 fully saturated rings. The number of nitrogens with one attached hydrogen (secondary N) is 1. The normalized spacial score (nSPS) is 17.9. The highest BCUT2D eigenvalue weighted by Crippen LogP contribution is 2.31. The average molecular weight is 272 g/mol. The first kappa shape index (κ1) is 13.6. The van der Waals surface area contributed by atoms with Gasteiger partial charge in [-0.3, -0.25) is 0 Å². The van der Waals surface area contributed by atoms with Crippen LogP contribution in [0.15, 0.2) is 18.2 Å². The lowest BCUT2D eigenvalue weighted by Crippen LogP contribution is -2.23. The van der Waals surface area contributed by atoms with E-state index in [1.54, 1.807) is 7.11 Å². The van der Waals surface area contributed by atoms with Gasteiger partial charge in [0, 0.05) is 23.0 Å². The van der Waals surface area contributed by atoms with Crippen LogP contribution in [0.3, 0.4) is 0 Å². The fraction of sp³-hybridized carbons (Fsp3) is 0.538. The largest absolute Gasteiger partial charge is 0.496 e. The van der Waals surface area contributed by atoms with Gasteiger partial charge in [0.05, 0.1) is 20.3 Å². The van der Waals surface area contributed by atoms with Gasteiger partial charge in [0.15, 0.2) is 6.29 Å². The molecule has 18 heavy (non-hydrogen) atoms. The molecule has 0 bridgehead atoms. The Balaban J connectivity index is 2.17. The van der Waals surface area contributed by atoms with E-state index in [1.165, 1.54) is 0 Å². The molecule has 0 saturated carbocycles. The summed E-state index contributed by atoms with van der Waals surface area (Å²) in [7, 11) is 3.56. The zero-order chi connectivity index (χ0) is 13.0. The molecular formula is C13H18ClNO3. The maximum Gasteiger partial charge on any atom is 0.159 e. The summed E-state index contributed by atoms with van der Waals surface area (Å²) in [6.07, 6.45) is 0.568. The van der Waals surface area contributed by atoms with Gasteiger partial charge >= 0.3 is 0 Å². The second-order valence-corrected chi connectivity index (χ2v) is 4.57. The molecule has 1 atom stereocenters. The summed E-state index contributed by atoms with van der Waals surface area (Å²) < 4.78 is 16.3. The second kappa shape index (κ2) is 6.38. The molecule has 1 aliphatic rings. The summed E-state index contributed by atoms with van der Waals surface area (Å²) in [6, 6.07) is 5.69. The molecule has 0 aliphatic carbocycles. The zero-order valence-corrected chi connectivity index (χ0v) is 11.4. The highest BCUT2D eigenvalue weighted by molar-refractivity contribution is 6.30. The lowest BCUT2D eigenvalue weighted by atomic mass is 10.0. The van der Waals surface area contributed by atoms with Crippen molar-refractivity contribution in [2.45, 2.75) is 18.8 Å². The Labute approximate surface area is 112 Å². The number of ether oxygens (including phenoxy) is 3. The topological polar surface area (TPSA) is 39.7 Å². The molecule has 4 nitrogen and oxygen atoms in total. The number of halogens is 1. The molecule has 0 spiro atoms. The summed E-state index contributed by atoms with van der Waals surface area (Å²) in [5.74, 6) is 0.816. The molecule has 1 unspecified atom stereocenters. The monoisotopic (exact) mass is 271 g/mol. The van der Waals surface area contributed by atoms with Crippen molar-refractivity contribution in [3.8, 4) is 5.75 Å². The van der Waals surface area contributed by atoms with Gasteiger partial charge in [0.25, 0.3) is 0 Å². The first-order chi connectivity index (χ1) is 8.74. The van der Waals surface area contributed by atoms with Crippen LogP contribution in [-0.2, 0) is 9.47 Å². The Morgan fingerprint density at radius 3 is 2.78 bits per heavy atom. The van der Waals surface area contributed by atoms with E-state index >= 15 is 0 Å². The number of hydrogen-bond acceptors (Lipinski definition) is 4. The number of rotatable bonds is 5. The predicted molar refractivity (Wildman–Crippen MR) is 70.1 cm³/mol. The van der Waals surface area contributed by atoms with Crippen molar-refractivity contribution < 1.29 is 14.2 Å². The van der Waals surface area contributed by atoms with E-state index in [-0.39, 0.29) is 12.3 Å². The van der Waals surface area contributed by atoms with E-state index in [2.05, 4.69) is 5.32 Å². The van der Waals surface area contributed by atoms with Crippen LogP contribution in [0.5, 0.6) is 5.75 Å². The highest BCUT2D eigenvalue weighted by Gasteiger charge is 2.23. The van der Waals surface area contributed by atoms with Crippen molar-refractivity contribution in [3.05, 3.63) is 28.8 Å². The van der Waals surface area contributed by atoms with Crippen LogP contribution in [0, 0.1) is 0 Å². The van der Waals surface area contributed by atoms with Crippen LogP contribution < -0.4 is 10.1 Å². The second-order valence-electron chi connectivity index (χ2n) is 4.13. The Hall–Kier alpha value is -0.810. The van der Waals surface area contributed by atoms with E-state index in [1.807, 2.05) is 25.2 Å². The summed E-state index contributed by atoms with van der Waals surface area (Å²) in [4.78, 5) is 0. The Morgan fingerprint density at radius 2 is 2.17 bits per heavy atom. The van der Waals surface area contributed by atoms with Crippen LogP contribution in [-0.4, -0.2) is 33.7 Å². The van der Waals surface area contributed by atoms with Gasteiger partial charge in [-0.1, -0.05) is 11.6 Å². The number of benzene rings is 1. The quantitative estimate of drug-likeness (QED) is 0.893. The third-order valence-corrected chi connectivity index (χ3v) is 3.27. The van der Waals surface area contributed by atoms with Gasteiger partial charge in [-0.25, -0.2) is 0 Å². The first-order valence-electron chi connectivity index (χ1n) is 5.98. The van der Waals surface area contributed by atoms with Crippen molar-refractivity contribution in [2.75, 3.05) is 27.4 Å². The van der Waals surface area contributed by atoms with Crippen molar-refractivity contribution in [3.63, 3.8) is 0 Å². The average Bonchev–Trinajstić information content (AvgIpc) is 2.88. The molecule has 1 saturated heterocycles. The van der Waals surface area contributed by atoms with Crippen LogP contribution in [0.2, 0.25) is 5.02 Å². The van der Waals surface area contributed by atoms with Gasteiger partial charge < -0.3 is 19.5 Å². The van der Waals surface area contributed by atoms with E-state index in [9.17, 15) is 0 Å². The molecule has 0 radical (unpaired) electrons. The molecule has 1 N–H and O–H groups in total. The third kappa shape index (κ3) is 3.14. The van der Waals surface area contributed by atoms with Gasteiger partial charge in [-0.05, 0) is 25.2 Å². The van der Waals surface area contributed by atoms with E-state index in [0.29, 0.717) is 18.2 Å². The molecule has 100 valence electrons. The molecule has 1 heterocycles. The maximum absolute atomic E-state index is 6.05. The minimum atomic E-state index is -0.161. The molecule has 1 aromatic rings. The van der Waals surface area contributed by atoms with Gasteiger partial charge in [-0.15, -0.1) is 0 Å². The van der Waals surface area contributed by atoms with Crippen LogP contribution in [0.25, 0.3) is 0 Å². The Morgan fingerprint density at radius 1 is 1.44 bits per heavy atom. The van der Waals surface area contributed by atoms with Crippen molar-refractivity contribution in [1.82, 2.24) is 5.32 Å². The van der Waals surface area contributed by atoms with Crippen LogP contribution in [0.1, 0.15) is 18.0 Å². The van der Waals surface area contributed by atoms with E-state index < -0.39 is 0 Å². The summed E-state index contributed by atoms with van der Waals surface area (Å²) in [6.45, 7) is 1.32. The minimum absolute atomic E-state index is 0.0850. The number of hydrogen-bond donors (Lipinski definition) is 1. The van der Waals surface area contributed by atoms with Crippen LogP contribution >= 0.6 is 11.6 Å². The maximum atomic E-state index is 6.05. The number of methoxy groups -OCH3 is 1. The molecule has 1 aliphatic heterocycles. The molecule has 0 amide bonds. The van der Waals surface area contributed by atoms with Crippen LogP contribution in [0.4, 0.5) is 0 Å². The highest BCUT2D eigenvalue weighted by atomic mass is 35.5.